The molecule has 294 valence electrons. The molecule has 1 aromatic rings. The lowest BCUT2D eigenvalue weighted by Crippen LogP contribution is -2.68. The molecule has 8 nitrogen and oxygen atoms in total. The number of rotatable bonds is 10. The number of hydrogen-bond acceptors (Lipinski definition) is 7. The number of nitrogens with zero attached hydrogens (tertiary/aromatic N) is 1. The van der Waals surface area contributed by atoms with Crippen molar-refractivity contribution in [2.24, 2.45) is 44.3 Å². The predicted octanol–water partition coefficient (Wildman–Crippen LogP) is 7.17. The van der Waals surface area contributed by atoms with Gasteiger partial charge in [-0.05, 0) is 101 Å². The minimum atomic E-state index is -1.31. The van der Waals surface area contributed by atoms with Crippen LogP contribution in [-0.2, 0) is 30.3 Å². The fourth-order valence-electron chi connectivity index (χ4n) is 13.6. The van der Waals surface area contributed by atoms with Gasteiger partial charge >= 0.3 is 5.97 Å². The first-order valence-corrected chi connectivity index (χ1v) is 20.5. The van der Waals surface area contributed by atoms with Crippen LogP contribution in [0.2, 0.25) is 5.02 Å². The zero-order valence-electron chi connectivity index (χ0n) is 32.7. The smallest absolute Gasteiger partial charge is 0.313 e. The van der Waals surface area contributed by atoms with Crippen LogP contribution in [-0.4, -0.2) is 76.9 Å². The standard InChI is InChI=1S/C44H57ClFNO7/c1-37(2)40(5)17-20-44(37,54-36(40)51)35(50)47(21-8-22-53-6)26-42(52)16-13-34-39(42,4)15-12-33-38(3)14-11-27(48)24-41(38)18-19-43(33,34)29(25-41)32(49)23-28-30(45)9-7-10-31(28)46/h7,9-10,18-19,25,27,33-34,48,52H,8,11-17,20-24,26H2,1-6H3/t27?,33-,34-,38-,39+,40+,41+,42-,43-,44-/m1/s1. The van der Waals surface area contributed by atoms with Crippen LogP contribution in [0.15, 0.2) is 42.0 Å². The van der Waals surface area contributed by atoms with Gasteiger partial charge in [0.05, 0.1) is 23.7 Å². The van der Waals surface area contributed by atoms with E-state index in [-0.39, 0.29) is 58.5 Å². The number of halogens is 2. The second kappa shape index (κ2) is 12.2. The van der Waals surface area contributed by atoms with Crippen LogP contribution >= 0.6 is 11.6 Å². The SMILES string of the molecule is COCCCN(C[C@]1(O)CC[C@H]2[C@]34C=C[C@@]5(C=C3C(=O)Cc3c(F)cccc3Cl)CC(O)CC[C@]5(C)[C@H]4CC[C@@]21C)C(=O)[C@@]12CC[C@@](C)(C(=O)O1)C2(C)C. The number of methoxy groups -OCH3 is 1. The highest BCUT2D eigenvalue weighted by Gasteiger charge is 2.78. The second-order valence-electron chi connectivity index (χ2n) is 19.4. The number of aliphatic hydroxyl groups excluding tert-OH is 1. The highest BCUT2D eigenvalue weighted by atomic mass is 35.5. The minimum absolute atomic E-state index is 0.0659. The molecule has 1 aromatic carbocycles. The zero-order chi connectivity index (χ0) is 38.9. The summed E-state index contributed by atoms with van der Waals surface area (Å²) in [7, 11) is 1.62. The van der Waals surface area contributed by atoms with E-state index in [4.69, 9.17) is 21.1 Å². The third kappa shape index (κ3) is 4.61. The van der Waals surface area contributed by atoms with Crippen LogP contribution in [0.25, 0.3) is 0 Å². The quantitative estimate of drug-likeness (QED) is 0.148. The van der Waals surface area contributed by atoms with Crippen molar-refractivity contribution >= 4 is 29.3 Å². The number of aliphatic hydroxyl groups is 2. The molecule has 1 unspecified atom stereocenters. The van der Waals surface area contributed by atoms with E-state index in [2.05, 4.69) is 32.1 Å². The Morgan fingerprint density at radius 2 is 1.70 bits per heavy atom. The molecule has 7 aliphatic carbocycles. The van der Waals surface area contributed by atoms with E-state index >= 15 is 4.39 Å². The Balaban J connectivity index is 1.19. The van der Waals surface area contributed by atoms with Crippen LogP contribution in [0.1, 0.15) is 104 Å². The van der Waals surface area contributed by atoms with Gasteiger partial charge in [-0.15, -0.1) is 0 Å². The van der Waals surface area contributed by atoms with E-state index < -0.39 is 50.2 Å². The second-order valence-corrected chi connectivity index (χ2v) is 19.8. The van der Waals surface area contributed by atoms with Gasteiger partial charge in [-0.25, -0.2) is 4.39 Å². The maximum atomic E-state index is 15.2. The Bertz CT molecular complexity index is 1840. The van der Waals surface area contributed by atoms with Gasteiger partial charge in [0.25, 0.3) is 5.91 Å². The summed E-state index contributed by atoms with van der Waals surface area (Å²) in [5.41, 5.74) is -5.47. The van der Waals surface area contributed by atoms with Crippen molar-refractivity contribution in [3.05, 3.63) is 58.4 Å². The zero-order valence-corrected chi connectivity index (χ0v) is 33.5. The molecule has 9 rings (SSSR count). The van der Waals surface area contributed by atoms with Crippen molar-refractivity contribution in [3.63, 3.8) is 0 Å². The lowest BCUT2D eigenvalue weighted by Gasteiger charge is -2.71. The maximum absolute atomic E-state index is 15.2. The van der Waals surface area contributed by atoms with Gasteiger partial charge in [0.1, 0.15) is 5.82 Å². The third-order valence-electron chi connectivity index (χ3n) is 17.4. The van der Waals surface area contributed by atoms with E-state index in [1.165, 1.54) is 12.1 Å². The van der Waals surface area contributed by atoms with Crippen molar-refractivity contribution in [2.45, 2.75) is 123 Å². The van der Waals surface area contributed by atoms with Crippen molar-refractivity contribution in [3.8, 4) is 0 Å². The van der Waals surface area contributed by atoms with Gasteiger partial charge in [-0.3, -0.25) is 14.4 Å². The molecular formula is C44H57ClFNO7. The maximum Gasteiger partial charge on any atom is 0.313 e. The van der Waals surface area contributed by atoms with Crippen molar-refractivity contribution in [1.82, 2.24) is 4.90 Å². The van der Waals surface area contributed by atoms with Crippen LogP contribution in [0.4, 0.5) is 4.39 Å². The molecule has 1 saturated heterocycles. The molecule has 10 heteroatoms. The van der Waals surface area contributed by atoms with Crippen LogP contribution < -0.4 is 0 Å². The number of hydrogen-bond donors (Lipinski definition) is 2. The van der Waals surface area contributed by atoms with Gasteiger partial charge in [0, 0.05) is 64.5 Å². The first-order chi connectivity index (χ1) is 25.3. The molecule has 4 saturated carbocycles. The number of Topliss-reactive ketones (excluding diaryl/α,β-unsaturated/α-hetero) is 1. The molecule has 5 fully saturated rings. The lowest BCUT2D eigenvalue weighted by atomic mass is 9.32. The topological polar surface area (TPSA) is 113 Å². The Morgan fingerprint density at radius 1 is 1.00 bits per heavy atom. The molecule has 2 N–H and O–H groups in total. The summed E-state index contributed by atoms with van der Waals surface area (Å²) < 4.78 is 26.7. The first kappa shape index (κ1) is 38.3. The molecule has 8 aliphatic rings. The molecule has 1 heterocycles. The largest absolute Gasteiger partial charge is 0.448 e. The normalized spacial score (nSPS) is 43.6. The summed E-state index contributed by atoms with van der Waals surface area (Å²) in [4.78, 5) is 44.8. The summed E-state index contributed by atoms with van der Waals surface area (Å²) >= 11 is 6.49. The van der Waals surface area contributed by atoms with Gasteiger partial charge in [0.15, 0.2) is 11.4 Å². The fraction of sp³-hybridized carbons (Fsp3) is 0.705. The van der Waals surface area contributed by atoms with Gasteiger partial charge in [0.2, 0.25) is 0 Å². The number of benzene rings is 1. The molecule has 10 atom stereocenters. The van der Waals surface area contributed by atoms with Crippen molar-refractivity contribution in [1.29, 1.82) is 0 Å². The molecule has 54 heavy (non-hydrogen) atoms. The van der Waals surface area contributed by atoms with E-state index in [0.29, 0.717) is 70.1 Å². The Hall–Kier alpha value is -2.59. The van der Waals surface area contributed by atoms with E-state index in [0.717, 1.165) is 12.8 Å². The highest BCUT2D eigenvalue weighted by Crippen LogP contribution is 2.78. The molecule has 4 bridgehead atoms. The van der Waals surface area contributed by atoms with Crippen LogP contribution in [0.5, 0.6) is 0 Å². The average Bonchev–Trinajstić information content (AvgIpc) is 3.57. The Labute approximate surface area is 323 Å². The number of fused-ring (bicyclic) bond motifs is 3. The first-order valence-electron chi connectivity index (χ1n) is 20.1. The highest BCUT2D eigenvalue weighted by molar-refractivity contribution is 6.31. The monoisotopic (exact) mass is 765 g/mol. The number of ether oxygens (including phenoxy) is 2. The Morgan fingerprint density at radius 3 is 2.37 bits per heavy atom. The van der Waals surface area contributed by atoms with E-state index in [1.807, 2.05) is 20.8 Å². The number of carbonyl (C=O) groups is 3. The number of ketones is 1. The van der Waals surface area contributed by atoms with Gasteiger partial charge in [-0.2, -0.15) is 0 Å². The van der Waals surface area contributed by atoms with Crippen LogP contribution in [0.3, 0.4) is 0 Å². The summed E-state index contributed by atoms with van der Waals surface area (Å²) in [6.07, 6.45) is 12.0. The minimum Gasteiger partial charge on any atom is -0.448 e. The molecule has 1 aliphatic heterocycles. The summed E-state index contributed by atoms with van der Waals surface area (Å²) in [5, 5.41) is 24.4. The fourth-order valence-corrected chi connectivity index (χ4v) is 13.8. The number of allylic oxidation sites excluding steroid dienone is 4. The number of esters is 1. The number of amides is 1. The number of carbonyl (C=O) groups excluding carboxylic acids is 3. The van der Waals surface area contributed by atoms with E-state index in [9.17, 15) is 24.6 Å². The molecule has 2 spiro atoms. The summed E-state index contributed by atoms with van der Waals surface area (Å²) in [5.74, 6) is -1.37. The van der Waals surface area contributed by atoms with Crippen molar-refractivity contribution < 1.29 is 38.5 Å². The average molecular weight is 766 g/mol. The summed E-state index contributed by atoms with van der Waals surface area (Å²) in [6, 6.07) is 4.48. The van der Waals surface area contributed by atoms with Crippen LogP contribution in [0, 0.1) is 50.1 Å². The summed E-state index contributed by atoms with van der Waals surface area (Å²) in [6.45, 7) is 11.1. The predicted molar refractivity (Wildman–Crippen MR) is 202 cm³/mol. The molecule has 1 amide bonds. The van der Waals surface area contributed by atoms with Crippen molar-refractivity contribution in [2.75, 3.05) is 26.8 Å². The molecular weight excluding hydrogens is 709 g/mol. The third-order valence-corrected chi connectivity index (χ3v) is 17.7. The van der Waals surface area contributed by atoms with E-state index in [1.54, 1.807) is 18.1 Å². The molecule has 0 radical (unpaired) electrons. The molecule has 0 aromatic heterocycles. The Kier molecular flexibility index (Phi) is 8.66. The van der Waals surface area contributed by atoms with Gasteiger partial charge in [-0.1, -0.05) is 63.6 Å². The lowest BCUT2D eigenvalue weighted by molar-refractivity contribution is -0.188. The van der Waals surface area contributed by atoms with Gasteiger partial charge < -0.3 is 24.6 Å².